The van der Waals surface area contributed by atoms with Gasteiger partial charge in [0.05, 0.1) is 12.1 Å². The largest absolute Gasteiger partial charge is 0.375 e. The van der Waals surface area contributed by atoms with Crippen molar-refractivity contribution >= 4 is 23.3 Å². The number of fused-ring (bicyclic) bond motifs is 2. The number of ketones is 1. The molecule has 200 valence electrons. The molecule has 0 bridgehead atoms. The number of aryl methyl sites for hydroxylation is 2. The van der Waals surface area contributed by atoms with E-state index in [2.05, 4.69) is 23.5 Å². The molecule has 0 aromatic heterocycles. The van der Waals surface area contributed by atoms with Gasteiger partial charge in [0.1, 0.15) is 5.78 Å². The molecule has 1 N–H and O–H groups in total. The molecule has 0 radical (unpaired) electrons. The first kappa shape index (κ1) is 28.6. The Hall–Kier alpha value is -2.99. The molecule has 2 aromatic carbocycles. The lowest BCUT2D eigenvalue weighted by molar-refractivity contribution is -0.127. The minimum absolute atomic E-state index is 0.0453. The van der Waals surface area contributed by atoms with Crippen LogP contribution in [0.1, 0.15) is 77.0 Å². The van der Waals surface area contributed by atoms with Crippen molar-refractivity contribution < 1.29 is 19.1 Å². The van der Waals surface area contributed by atoms with Crippen LogP contribution in [0, 0.1) is 5.41 Å². The van der Waals surface area contributed by atoms with Crippen LogP contribution >= 0.6 is 0 Å². The third-order valence-corrected chi connectivity index (χ3v) is 7.48. The van der Waals surface area contributed by atoms with Crippen LogP contribution in [-0.2, 0) is 38.5 Å². The first-order valence-electron chi connectivity index (χ1n) is 13.4. The standard InChI is InChI=1S/C31H42N2O4/c1-23(34)30(2,3)19-21-37-31(4,5)18-20-32-28(35)16-17-29(36)33-22-26-12-7-6-10-24(26)14-15-25-11-8-9-13-27(25)33/h6-13H,14-22H2,1-5H3,(H,32,35). The van der Waals surface area contributed by atoms with Crippen molar-refractivity contribution in [3.63, 3.8) is 0 Å². The highest BCUT2D eigenvalue weighted by Gasteiger charge is 2.26. The molecule has 1 heterocycles. The Morgan fingerprint density at radius 1 is 0.865 bits per heavy atom. The summed E-state index contributed by atoms with van der Waals surface area (Å²) in [6, 6.07) is 16.3. The lowest BCUT2D eigenvalue weighted by Gasteiger charge is -2.29. The quantitative estimate of drug-likeness (QED) is 0.442. The molecule has 0 saturated heterocycles. The Bertz CT molecular complexity index is 1110. The number of benzene rings is 2. The van der Waals surface area contributed by atoms with Crippen LogP contribution in [0.25, 0.3) is 0 Å². The van der Waals surface area contributed by atoms with Gasteiger partial charge < -0.3 is 15.0 Å². The molecule has 0 unspecified atom stereocenters. The fourth-order valence-corrected chi connectivity index (χ4v) is 4.47. The van der Waals surface area contributed by atoms with Crippen LogP contribution < -0.4 is 10.2 Å². The van der Waals surface area contributed by atoms with Crippen molar-refractivity contribution in [2.75, 3.05) is 18.1 Å². The maximum Gasteiger partial charge on any atom is 0.227 e. The number of para-hydroxylation sites is 1. The zero-order valence-corrected chi connectivity index (χ0v) is 23.1. The number of rotatable bonds is 11. The highest BCUT2D eigenvalue weighted by atomic mass is 16.5. The number of nitrogens with zero attached hydrogens (tertiary/aromatic N) is 1. The minimum atomic E-state index is -0.419. The summed E-state index contributed by atoms with van der Waals surface area (Å²) in [6.45, 7) is 10.9. The number of Topliss-reactive ketones (excluding diaryl/α,β-unsaturated/α-hetero) is 1. The third kappa shape index (κ3) is 8.26. The number of carbonyl (C=O) groups is 3. The van der Waals surface area contributed by atoms with Crippen LogP contribution in [0.2, 0.25) is 0 Å². The summed E-state index contributed by atoms with van der Waals surface area (Å²) >= 11 is 0. The molecule has 6 nitrogen and oxygen atoms in total. The van der Waals surface area contributed by atoms with Crippen LogP contribution in [0.5, 0.6) is 0 Å². The molecular formula is C31H42N2O4. The molecule has 0 fully saturated rings. The maximum absolute atomic E-state index is 13.3. The average Bonchev–Trinajstić information content (AvgIpc) is 2.83. The number of amides is 2. The predicted octanol–water partition coefficient (Wildman–Crippen LogP) is 5.41. The molecule has 37 heavy (non-hydrogen) atoms. The summed E-state index contributed by atoms with van der Waals surface area (Å²) < 4.78 is 5.99. The summed E-state index contributed by atoms with van der Waals surface area (Å²) in [6.07, 6.45) is 3.43. The lowest BCUT2D eigenvalue weighted by atomic mass is 9.86. The minimum Gasteiger partial charge on any atom is -0.375 e. The van der Waals surface area contributed by atoms with Crippen LogP contribution in [0.3, 0.4) is 0 Å². The van der Waals surface area contributed by atoms with Gasteiger partial charge in [-0.2, -0.15) is 0 Å². The molecule has 0 atom stereocenters. The van der Waals surface area contributed by atoms with E-state index in [9.17, 15) is 14.4 Å². The van der Waals surface area contributed by atoms with E-state index in [1.165, 1.54) is 5.56 Å². The molecule has 2 amide bonds. The number of hydrogen-bond donors (Lipinski definition) is 1. The van der Waals surface area contributed by atoms with E-state index in [4.69, 9.17) is 4.74 Å². The van der Waals surface area contributed by atoms with E-state index < -0.39 is 11.0 Å². The zero-order chi connectivity index (χ0) is 27.1. The smallest absolute Gasteiger partial charge is 0.227 e. The molecule has 1 aliphatic rings. The second-order valence-corrected chi connectivity index (χ2v) is 11.3. The maximum atomic E-state index is 13.3. The van der Waals surface area contributed by atoms with Gasteiger partial charge >= 0.3 is 0 Å². The van der Waals surface area contributed by atoms with Crippen LogP contribution in [0.15, 0.2) is 48.5 Å². The molecule has 3 rings (SSSR count). The molecule has 2 aromatic rings. The van der Waals surface area contributed by atoms with Crippen molar-refractivity contribution in [2.45, 2.75) is 85.3 Å². The number of hydrogen-bond acceptors (Lipinski definition) is 4. The molecule has 0 spiro atoms. The number of carbonyl (C=O) groups excluding carboxylic acids is 3. The van der Waals surface area contributed by atoms with Gasteiger partial charge in [-0.3, -0.25) is 14.4 Å². The van der Waals surface area contributed by atoms with Crippen molar-refractivity contribution in [3.8, 4) is 0 Å². The normalized spacial score (nSPS) is 13.7. The summed E-state index contributed by atoms with van der Waals surface area (Å²) in [7, 11) is 0. The fraction of sp³-hybridized carbons (Fsp3) is 0.516. The van der Waals surface area contributed by atoms with Gasteiger partial charge in [0.15, 0.2) is 0 Å². The molecule has 0 saturated carbocycles. The topological polar surface area (TPSA) is 75.7 Å². The van der Waals surface area contributed by atoms with E-state index in [1.54, 1.807) is 6.92 Å². The number of anilines is 1. The highest BCUT2D eigenvalue weighted by Crippen LogP contribution is 2.29. The molecule has 0 aliphatic carbocycles. The van der Waals surface area contributed by atoms with Crippen molar-refractivity contribution in [1.82, 2.24) is 5.32 Å². The van der Waals surface area contributed by atoms with E-state index in [0.717, 1.165) is 29.7 Å². The Morgan fingerprint density at radius 2 is 1.49 bits per heavy atom. The lowest BCUT2D eigenvalue weighted by Crippen LogP contribution is -2.36. The van der Waals surface area contributed by atoms with Crippen molar-refractivity contribution in [3.05, 3.63) is 65.2 Å². The van der Waals surface area contributed by atoms with Gasteiger partial charge in [-0.15, -0.1) is 0 Å². The average molecular weight is 507 g/mol. The first-order valence-corrected chi connectivity index (χ1v) is 13.4. The fourth-order valence-electron chi connectivity index (χ4n) is 4.47. The Kier molecular flexibility index (Phi) is 9.66. The predicted molar refractivity (Wildman–Crippen MR) is 147 cm³/mol. The Labute approximate surface area is 221 Å². The molecular weight excluding hydrogens is 464 g/mol. The molecule has 6 heteroatoms. The van der Waals surface area contributed by atoms with Crippen LogP contribution in [-0.4, -0.2) is 36.4 Å². The second kappa shape index (κ2) is 12.5. The van der Waals surface area contributed by atoms with E-state index in [-0.39, 0.29) is 30.4 Å². The summed E-state index contributed by atoms with van der Waals surface area (Å²) in [5.74, 6) is -0.0298. The highest BCUT2D eigenvalue weighted by molar-refractivity contribution is 5.96. The van der Waals surface area contributed by atoms with Gasteiger partial charge in [0, 0.05) is 37.1 Å². The van der Waals surface area contributed by atoms with E-state index in [1.807, 2.05) is 62.9 Å². The summed E-state index contributed by atoms with van der Waals surface area (Å²) in [4.78, 5) is 39.4. The third-order valence-electron chi connectivity index (χ3n) is 7.48. The first-order chi connectivity index (χ1) is 17.5. The monoisotopic (exact) mass is 506 g/mol. The summed E-state index contributed by atoms with van der Waals surface area (Å²) in [5.41, 5.74) is 3.70. The number of ether oxygens (including phenoxy) is 1. The summed E-state index contributed by atoms with van der Waals surface area (Å²) in [5, 5.41) is 2.94. The van der Waals surface area contributed by atoms with Crippen LogP contribution in [0.4, 0.5) is 5.69 Å². The van der Waals surface area contributed by atoms with E-state index >= 15 is 0 Å². The van der Waals surface area contributed by atoms with E-state index in [0.29, 0.717) is 32.5 Å². The van der Waals surface area contributed by atoms with Gasteiger partial charge in [-0.05, 0) is 69.2 Å². The second-order valence-electron chi connectivity index (χ2n) is 11.3. The van der Waals surface area contributed by atoms with Gasteiger partial charge in [-0.1, -0.05) is 56.3 Å². The Balaban J connectivity index is 1.50. The van der Waals surface area contributed by atoms with Crippen molar-refractivity contribution in [1.29, 1.82) is 0 Å². The zero-order valence-electron chi connectivity index (χ0n) is 23.1. The SMILES string of the molecule is CC(=O)C(C)(C)CCOC(C)(C)CCNC(=O)CCC(=O)N1Cc2ccccc2CCc2ccccc21. The Morgan fingerprint density at radius 3 is 2.19 bits per heavy atom. The van der Waals surface area contributed by atoms with Crippen molar-refractivity contribution in [2.24, 2.45) is 5.41 Å². The number of nitrogens with one attached hydrogen (secondary N) is 1. The molecule has 1 aliphatic heterocycles. The van der Waals surface area contributed by atoms with Gasteiger partial charge in [0.2, 0.25) is 11.8 Å². The van der Waals surface area contributed by atoms with Gasteiger partial charge in [-0.25, -0.2) is 0 Å². The van der Waals surface area contributed by atoms with Gasteiger partial charge in [0.25, 0.3) is 0 Å².